The Hall–Kier alpha value is -6.18. The SMILES string of the molecule is CC1(C)c2ccccc2-c2cc(-c3ccccc3)c(N(c3ccc(-c4ccc5ccccc5c4)cc3)c3ccc(-c4cccc5c4CCCC5)cc3)cc21. The molecule has 0 amide bonds. The fourth-order valence-corrected chi connectivity index (χ4v) is 9.21. The van der Waals surface area contributed by atoms with E-state index in [0.29, 0.717) is 0 Å². The molecule has 260 valence electrons. The minimum Gasteiger partial charge on any atom is -0.310 e. The standard InChI is InChI=1S/C53H43N/c1-53(2)50-22-11-10-20-47(50)49-34-48(39-14-4-3-5-15-39)52(35-51(49)53)54(43-29-25-37(26-30-43)42-24-23-36-13-6-7-17-41(36)33-42)44-31-27-40(28-32-44)46-21-12-18-38-16-8-9-19-45(38)46/h3-7,10-15,17-18,20-35H,8-9,16,19H2,1-2H3. The van der Waals surface area contributed by atoms with Crippen molar-refractivity contribution in [2.24, 2.45) is 0 Å². The molecular weight excluding hydrogens is 651 g/mol. The van der Waals surface area contributed by atoms with E-state index in [9.17, 15) is 0 Å². The minimum absolute atomic E-state index is 0.127. The summed E-state index contributed by atoms with van der Waals surface area (Å²) in [7, 11) is 0. The molecule has 0 spiro atoms. The van der Waals surface area contributed by atoms with Crippen LogP contribution in [0.2, 0.25) is 0 Å². The Morgan fingerprint density at radius 2 is 1.04 bits per heavy atom. The number of rotatable bonds is 6. The molecule has 0 aliphatic heterocycles. The number of hydrogen-bond acceptors (Lipinski definition) is 1. The molecule has 8 aromatic rings. The summed E-state index contributed by atoms with van der Waals surface area (Å²) in [5.41, 5.74) is 19.3. The summed E-state index contributed by atoms with van der Waals surface area (Å²) in [6, 6.07) is 65.6. The number of fused-ring (bicyclic) bond motifs is 5. The third kappa shape index (κ3) is 5.46. The zero-order chi connectivity index (χ0) is 36.2. The highest BCUT2D eigenvalue weighted by atomic mass is 15.1. The molecule has 0 bridgehead atoms. The highest BCUT2D eigenvalue weighted by Gasteiger charge is 2.37. The first-order chi connectivity index (χ1) is 26.5. The van der Waals surface area contributed by atoms with Gasteiger partial charge >= 0.3 is 0 Å². The van der Waals surface area contributed by atoms with Crippen LogP contribution in [0, 0.1) is 0 Å². The second-order valence-electron chi connectivity index (χ2n) is 15.6. The van der Waals surface area contributed by atoms with Crippen LogP contribution in [0.25, 0.3) is 55.3 Å². The van der Waals surface area contributed by atoms with Gasteiger partial charge < -0.3 is 4.90 Å². The fraction of sp³-hybridized carbons (Fsp3) is 0.132. The van der Waals surface area contributed by atoms with Gasteiger partial charge in [-0.05, 0) is 140 Å². The number of aryl methyl sites for hydroxylation is 1. The molecule has 0 aromatic heterocycles. The summed E-state index contributed by atoms with van der Waals surface area (Å²) in [4.78, 5) is 2.48. The van der Waals surface area contributed by atoms with Crippen molar-refractivity contribution in [2.75, 3.05) is 4.90 Å². The topological polar surface area (TPSA) is 3.24 Å². The second kappa shape index (κ2) is 13.0. The smallest absolute Gasteiger partial charge is 0.0543 e. The van der Waals surface area contributed by atoms with Crippen LogP contribution in [-0.4, -0.2) is 0 Å². The summed E-state index contributed by atoms with van der Waals surface area (Å²) in [6.07, 6.45) is 4.91. The maximum Gasteiger partial charge on any atom is 0.0543 e. The minimum atomic E-state index is -0.127. The van der Waals surface area contributed by atoms with Crippen LogP contribution in [0.3, 0.4) is 0 Å². The van der Waals surface area contributed by atoms with Crippen LogP contribution in [0.1, 0.15) is 48.9 Å². The van der Waals surface area contributed by atoms with Gasteiger partial charge in [-0.15, -0.1) is 0 Å². The third-order valence-electron chi connectivity index (χ3n) is 12.1. The van der Waals surface area contributed by atoms with Crippen LogP contribution >= 0.6 is 0 Å². The number of anilines is 3. The van der Waals surface area contributed by atoms with E-state index < -0.39 is 0 Å². The van der Waals surface area contributed by atoms with Gasteiger partial charge in [-0.2, -0.15) is 0 Å². The lowest BCUT2D eigenvalue weighted by atomic mass is 9.81. The fourth-order valence-electron chi connectivity index (χ4n) is 9.21. The number of nitrogens with zero attached hydrogens (tertiary/aromatic N) is 1. The molecule has 0 saturated heterocycles. The summed E-state index contributed by atoms with van der Waals surface area (Å²) >= 11 is 0. The molecule has 8 aromatic carbocycles. The van der Waals surface area contributed by atoms with Crippen molar-refractivity contribution >= 4 is 27.8 Å². The van der Waals surface area contributed by atoms with Gasteiger partial charge in [-0.3, -0.25) is 0 Å². The molecule has 0 fully saturated rings. The highest BCUT2D eigenvalue weighted by Crippen LogP contribution is 2.53. The first kappa shape index (κ1) is 32.5. The lowest BCUT2D eigenvalue weighted by Gasteiger charge is -2.31. The molecule has 54 heavy (non-hydrogen) atoms. The molecule has 2 aliphatic rings. The van der Waals surface area contributed by atoms with Crippen molar-refractivity contribution in [2.45, 2.75) is 44.9 Å². The van der Waals surface area contributed by atoms with Gasteiger partial charge in [0.25, 0.3) is 0 Å². The highest BCUT2D eigenvalue weighted by molar-refractivity contribution is 5.95. The van der Waals surface area contributed by atoms with Gasteiger partial charge in [0.1, 0.15) is 0 Å². The zero-order valence-corrected chi connectivity index (χ0v) is 31.0. The molecule has 0 unspecified atom stereocenters. The van der Waals surface area contributed by atoms with Crippen molar-refractivity contribution in [1.82, 2.24) is 0 Å². The maximum atomic E-state index is 2.48. The van der Waals surface area contributed by atoms with E-state index in [1.165, 1.54) is 102 Å². The summed E-state index contributed by atoms with van der Waals surface area (Å²) < 4.78 is 0. The molecule has 0 atom stereocenters. The normalized spacial score (nSPS) is 14.0. The summed E-state index contributed by atoms with van der Waals surface area (Å²) in [6.45, 7) is 4.75. The van der Waals surface area contributed by atoms with E-state index >= 15 is 0 Å². The Bertz CT molecular complexity index is 2660. The Balaban J connectivity index is 1.15. The average Bonchev–Trinajstić information content (AvgIpc) is 3.46. The van der Waals surface area contributed by atoms with Crippen LogP contribution in [0.5, 0.6) is 0 Å². The molecule has 10 rings (SSSR count). The molecule has 2 aliphatic carbocycles. The van der Waals surface area contributed by atoms with Gasteiger partial charge in [0.05, 0.1) is 5.69 Å². The van der Waals surface area contributed by atoms with Gasteiger partial charge in [0, 0.05) is 22.4 Å². The quantitative estimate of drug-likeness (QED) is 0.168. The third-order valence-corrected chi connectivity index (χ3v) is 12.1. The van der Waals surface area contributed by atoms with Gasteiger partial charge in [0.15, 0.2) is 0 Å². The average molecular weight is 694 g/mol. The van der Waals surface area contributed by atoms with E-state index in [-0.39, 0.29) is 5.41 Å². The number of benzene rings is 8. The zero-order valence-electron chi connectivity index (χ0n) is 31.0. The van der Waals surface area contributed by atoms with E-state index in [1.54, 1.807) is 0 Å². The van der Waals surface area contributed by atoms with Crippen LogP contribution < -0.4 is 4.90 Å². The monoisotopic (exact) mass is 693 g/mol. The maximum absolute atomic E-state index is 2.48. The van der Waals surface area contributed by atoms with Gasteiger partial charge in [0.2, 0.25) is 0 Å². The van der Waals surface area contributed by atoms with Crippen molar-refractivity contribution in [3.8, 4) is 44.5 Å². The second-order valence-corrected chi connectivity index (χ2v) is 15.6. The summed E-state index contributed by atoms with van der Waals surface area (Å²) in [5.74, 6) is 0. The van der Waals surface area contributed by atoms with E-state index in [1.807, 2.05) is 0 Å². The Morgan fingerprint density at radius 1 is 0.407 bits per heavy atom. The van der Waals surface area contributed by atoms with Gasteiger partial charge in [-0.1, -0.05) is 147 Å². The van der Waals surface area contributed by atoms with E-state index in [2.05, 4.69) is 195 Å². The molecular formula is C53H43N. The first-order valence-corrected chi connectivity index (χ1v) is 19.5. The lowest BCUT2D eigenvalue weighted by Crippen LogP contribution is -2.17. The van der Waals surface area contributed by atoms with Crippen molar-refractivity contribution in [3.05, 3.63) is 198 Å². The predicted molar refractivity (Wildman–Crippen MR) is 229 cm³/mol. The first-order valence-electron chi connectivity index (χ1n) is 19.5. The van der Waals surface area contributed by atoms with Crippen LogP contribution in [0.15, 0.2) is 176 Å². The Kier molecular flexibility index (Phi) is 7.84. The number of hydrogen-bond donors (Lipinski definition) is 0. The molecule has 0 heterocycles. The Labute approximate surface area is 319 Å². The van der Waals surface area contributed by atoms with Crippen molar-refractivity contribution in [3.63, 3.8) is 0 Å². The molecule has 0 N–H and O–H groups in total. The predicted octanol–water partition coefficient (Wildman–Crippen LogP) is 14.5. The van der Waals surface area contributed by atoms with Crippen molar-refractivity contribution in [1.29, 1.82) is 0 Å². The molecule has 1 nitrogen and oxygen atoms in total. The van der Waals surface area contributed by atoms with Crippen LogP contribution in [-0.2, 0) is 18.3 Å². The van der Waals surface area contributed by atoms with E-state index in [0.717, 1.165) is 17.8 Å². The summed E-state index contributed by atoms with van der Waals surface area (Å²) in [5, 5.41) is 2.52. The lowest BCUT2D eigenvalue weighted by molar-refractivity contribution is 0.660. The molecule has 0 saturated carbocycles. The van der Waals surface area contributed by atoms with Crippen LogP contribution in [0.4, 0.5) is 17.1 Å². The largest absolute Gasteiger partial charge is 0.310 e. The van der Waals surface area contributed by atoms with Crippen molar-refractivity contribution < 1.29 is 0 Å². The van der Waals surface area contributed by atoms with Gasteiger partial charge in [-0.25, -0.2) is 0 Å². The van der Waals surface area contributed by atoms with E-state index in [4.69, 9.17) is 0 Å². The Morgan fingerprint density at radius 3 is 1.83 bits per heavy atom. The molecule has 1 heteroatoms. The molecule has 0 radical (unpaired) electrons.